The van der Waals surface area contributed by atoms with E-state index in [0.29, 0.717) is 27.8 Å². The molecule has 0 unspecified atom stereocenters. The molecule has 0 aliphatic rings. The van der Waals surface area contributed by atoms with Crippen molar-refractivity contribution >= 4 is 29.2 Å². The molecule has 0 aliphatic heterocycles. The molecule has 0 amide bonds. The summed E-state index contributed by atoms with van der Waals surface area (Å²) in [5.41, 5.74) is 1.17. The van der Waals surface area contributed by atoms with Crippen LogP contribution in [0.1, 0.15) is 22.8 Å². The first-order valence-corrected chi connectivity index (χ1v) is 7.19. The summed E-state index contributed by atoms with van der Waals surface area (Å²) in [7, 11) is 0. The third kappa shape index (κ3) is 4.38. The maximum Gasteiger partial charge on any atom is 0.338 e. The lowest BCUT2D eigenvalue weighted by Gasteiger charge is -2.08. The number of esters is 1. The highest BCUT2D eigenvalue weighted by Gasteiger charge is 2.09. The van der Waals surface area contributed by atoms with Crippen molar-refractivity contribution in [2.45, 2.75) is 13.5 Å². The van der Waals surface area contributed by atoms with Crippen LogP contribution in [-0.2, 0) is 11.3 Å². The topological polar surface area (TPSA) is 35.5 Å². The second kappa shape index (κ2) is 7.34. The lowest BCUT2D eigenvalue weighted by atomic mass is 10.2. The molecular formula is C16H14Cl2O3. The van der Waals surface area contributed by atoms with Crippen LogP contribution in [0.2, 0.25) is 10.0 Å². The van der Waals surface area contributed by atoms with Crippen molar-refractivity contribution in [3.63, 3.8) is 0 Å². The van der Waals surface area contributed by atoms with Gasteiger partial charge in [0, 0.05) is 15.6 Å². The SMILES string of the molecule is CCOc1ccc(C(=O)OCc2ccc(Cl)cc2Cl)cc1. The Kier molecular flexibility index (Phi) is 5.48. The fraction of sp³-hybridized carbons (Fsp3) is 0.188. The molecule has 0 atom stereocenters. The van der Waals surface area contributed by atoms with Gasteiger partial charge in [-0.2, -0.15) is 0 Å². The molecule has 110 valence electrons. The van der Waals surface area contributed by atoms with Crippen molar-refractivity contribution in [1.29, 1.82) is 0 Å². The first kappa shape index (κ1) is 15.7. The standard InChI is InChI=1S/C16H14Cl2O3/c1-2-20-14-7-4-11(5-8-14)16(19)21-10-12-3-6-13(17)9-15(12)18/h3-9H,2,10H2,1H3. The number of hydrogen-bond acceptors (Lipinski definition) is 3. The van der Waals surface area contributed by atoms with E-state index < -0.39 is 5.97 Å². The van der Waals surface area contributed by atoms with Crippen LogP contribution < -0.4 is 4.74 Å². The average molecular weight is 325 g/mol. The molecule has 21 heavy (non-hydrogen) atoms. The molecule has 0 bridgehead atoms. The number of carbonyl (C=O) groups excluding carboxylic acids is 1. The van der Waals surface area contributed by atoms with Gasteiger partial charge in [0.05, 0.1) is 12.2 Å². The number of rotatable bonds is 5. The number of hydrogen-bond donors (Lipinski definition) is 0. The predicted octanol–water partition coefficient (Wildman–Crippen LogP) is 4.75. The minimum Gasteiger partial charge on any atom is -0.494 e. The van der Waals surface area contributed by atoms with Gasteiger partial charge in [-0.25, -0.2) is 4.79 Å². The maximum atomic E-state index is 11.9. The number of ether oxygens (including phenoxy) is 2. The molecule has 3 nitrogen and oxygen atoms in total. The summed E-state index contributed by atoms with van der Waals surface area (Å²) in [5, 5.41) is 1.02. The quantitative estimate of drug-likeness (QED) is 0.744. The maximum absolute atomic E-state index is 11.9. The molecule has 0 spiro atoms. The van der Waals surface area contributed by atoms with Gasteiger partial charge in [-0.05, 0) is 43.3 Å². The summed E-state index contributed by atoms with van der Waals surface area (Å²) in [6, 6.07) is 11.8. The molecule has 0 aliphatic carbocycles. The summed E-state index contributed by atoms with van der Waals surface area (Å²) < 4.78 is 10.5. The van der Waals surface area contributed by atoms with Crippen LogP contribution in [0, 0.1) is 0 Å². The largest absolute Gasteiger partial charge is 0.494 e. The van der Waals surface area contributed by atoms with Gasteiger partial charge in [-0.1, -0.05) is 29.3 Å². The minimum absolute atomic E-state index is 0.0993. The highest BCUT2D eigenvalue weighted by Crippen LogP contribution is 2.22. The average Bonchev–Trinajstić information content (AvgIpc) is 2.47. The number of benzene rings is 2. The highest BCUT2D eigenvalue weighted by atomic mass is 35.5. The van der Waals surface area contributed by atoms with Gasteiger partial charge in [-0.3, -0.25) is 0 Å². The van der Waals surface area contributed by atoms with E-state index in [4.69, 9.17) is 32.7 Å². The third-order valence-electron chi connectivity index (χ3n) is 2.77. The van der Waals surface area contributed by atoms with E-state index in [0.717, 1.165) is 5.75 Å². The van der Waals surface area contributed by atoms with Crippen molar-refractivity contribution in [2.75, 3.05) is 6.61 Å². The molecule has 0 heterocycles. The Labute approximate surface area is 133 Å². The van der Waals surface area contributed by atoms with Gasteiger partial charge in [0.2, 0.25) is 0 Å². The fourth-order valence-corrected chi connectivity index (χ4v) is 2.18. The van der Waals surface area contributed by atoms with Crippen molar-refractivity contribution in [3.05, 3.63) is 63.6 Å². The van der Waals surface area contributed by atoms with Crippen LogP contribution in [0.15, 0.2) is 42.5 Å². The molecule has 0 N–H and O–H groups in total. The second-order valence-corrected chi connectivity index (χ2v) is 5.11. The van der Waals surface area contributed by atoms with Crippen LogP contribution >= 0.6 is 23.2 Å². The molecule has 5 heteroatoms. The molecule has 2 aromatic carbocycles. The van der Waals surface area contributed by atoms with Crippen LogP contribution in [0.5, 0.6) is 5.75 Å². The Morgan fingerprint density at radius 3 is 2.43 bits per heavy atom. The van der Waals surface area contributed by atoms with Gasteiger partial charge >= 0.3 is 5.97 Å². The van der Waals surface area contributed by atoms with Gasteiger partial charge in [0.25, 0.3) is 0 Å². The minimum atomic E-state index is -0.413. The Bertz CT molecular complexity index is 624. The van der Waals surface area contributed by atoms with Gasteiger partial charge < -0.3 is 9.47 Å². The molecular weight excluding hydrogens is 311 g/mol. The molecule has 2 aromatic rings. The van der Waals surface area contributed by atoms with Crippen LogP contribution in [0.4, 0.5) is 0 Å². The molecule has 0 saturated carbocycles. The number of carbonyl (C=O) groups is 1. The molecule has 0 fully saturated rings. The van der Waals surface area contributed by atoms with E-state index in [9.17, 15) is 4.79 Å². The first-order chi connectivity index (χ1) is 10.1. The lowest BCUT2D eigenvalue weighted by Crippen LogP contribution is -2.05. The van der Waals surface area contributed by atoms with E-state index in [2.05, 4.69) is 0 Å². The Morgan fingerprint density at radius 2 is 1.81 bits per heavy atom. The third-order valence-corrected chi connectivity index (χ3v) is 3.36. The lowest BCUT2D eigenvalue weighted by molar-refractivity contribution is 0.0473. The van der Waals surface area contributed by atoms with Gasteiger partial charge in [0.1, 0.15) is 12.4 Å². The predicted molar refractivity (Wildman–Crippen MR) is 83.2 cm³/mol. The van der Waals surface area contributed by atoms with Gasteiger partial charge in [0.15, 0.2) is 0 Å². The van der Waals surface area contributed by atoms with E-state index in [1.54, 1.807) is 42.5 Å². The van der Waals surface area contributed by atoms with E-state index in [-0.39, 0.29) is 6.61 Å². The van der Waals surface area contributed by atoms with Crippen LogP contribution in [-0.4, -0.2) is 12.6 Å². The van der Waals surface area contributed by atoms with Gasteiger partial charge in [-0.15, -0.1) is 0 Å². The molecule has 0 radical (unpaired) electrons. The smallest absolute Gasteiger partial charge is 0.338 e. The highest BCUT2D eigenvalue weighted by molar-refractivity contribution is 6.35. The Morgan fingerprint density at radius 1 is 1.10 bits per heavy atom. The summed E-state index contributed by atoms with van der Waals surface area (Å²) in [4.78, 5) is 11.9. The van der Waals surface area contributed by atoms with E-state index in [1.165, 1.54) is 0 Å². The normalized spacial score (nSPS) is 10.2. The summed E-state index contributed by atoms with van der Waals surface area (Å²) in [6.45, 7) is 2.58. The van der Waals surface area contributed by atoms with Crippen LogP contribution in [0.3, 0.4) is 0 Å². The van der Waals surface area contributed by atoms with Crippen molar-refractivity contribution < 1.29 is 14.3 Å². The van der Waals surface area contributed by atoms with E-state index >= 15 is 0 Å². The Balaban J connectivity index is 1.98. The zero-order chi connectivity index (χ0) is 15.2. The van der Waals surface area contributed by atoms with Crippen molar-refractivity contribution in [2.24, 2.45) is 0 Å². The first-order valence-electron chi connectivity index (χ1n) is 6.44. The molecule has 0 aromatic heterocycles. The van der Waals surface area contributed by atoms with Crippen molar-refractivity contribution in [3.8, 4) is 5.75 Å². The monoisotopic (exact) mass is 324 g/mol. The summed E-state index contributed by atoms with van der Waals surface area (Å²) >= 11 is 11.8. The summed E-state index contributed by atoms with van der Waals surface area (Å²) in [5.74, 6) is 0.305. The van der Waals surface area contributed by atoms with E-state index in [1.807, 2.05) is 6.92 Å². The molecule has 2 rings (SSSR count). The molecule has 0 saturated heterocycles. The summed E-state index contributed by atoms with van der Waals surface area (Å²) in [6.07, 6.45) is 0. The van der Waals surface area contributed by atoms with Crippen LogP contribution in [0.25, 0.3) is 0 Å². The zero-order valence-corrected chi connectivity index (χ0v) is 12.9. The number of halogens is 2. The fourth-order valence-electron chi connectivity index (χ4n) is 1.72. The zero-order valence-electron chi connectivity index (χ0n) is 11.4. The Hall–Kier alpha value is -1.71. The van der Waals surface area contributed by atoms with Crippen molar-refractivity contribution in [1.82, 2.24) is 0 Å². The second-order valence-electron chi connectivity index (χ2n) is 4.27.